The first kappa shape index (κ1) is 20.1. The second-order valence-electron chi connectivity index (χ2n) is 5.33. The molecule has 7 heteroatoms. The van der Waals surface area contributed by atoms with Crippen LogP contribution in [-0.2, 0) is 11.3 Å². The van der Waals surface area contributed by atoms with Gasteiger partial charge in [0.2, 0.25) is 5.91 Å². The molecule has 1 saturated heterocycles. The minimum Gasteiger partial charge on any atom is -0.493 e. The number of halogens is 2. The number of carbonyl (C=O) groups is 1. The average molecular weight is 408 g/mol. The maximum absolute atomic E-state index is 11.5. The Morgan fingerprint density at radius 2 is 2.09 bits per heavy atom. The summed E-state index contributed by atoms with van der Waals surface area (Å²) in [5, 5.41) is 3.40. The number of benzene rings is 1. The fourth-order valence-corrected chi connectivity index (χ4v) is 3.29. The molecule has 1 aliphatic heterocycles. The molecule has 2 rings (SSSR count). The number of hydrogen-bond donors (Lipinski definition) is 1. The van der Waals surface area contributed by atoms with E-state index in [-0.39, 0.29) is 12.4 Å². The van der Waals surface area contributed by atoms with Crippen LogP contribution in [0.3, 0.4) is 0 Å². The Labute approximate surface area is 152 Å². The van der Waals surface area contributed by atoms with Gasteiger partial charge in [-0.25, -0.2) is 0 Å². The lowest BCUT2D eigenvalue weighted by molar-refractivity contribution is -0.127. The summed E-state index contributed by atoms with van der Waals surface area (Å²) in [6.45, 7) is 3.41. The molecule has 0 bridgehead atoms. The molecule has 5 nitrogen and oxygen atoms in total. The van der Waals surface area contributed by atoms with Gasteiger partial charge in [-0.3, -0.25) is 4.79 Å². The molecule has 1 aliphatic rings. The van der Waals surface area contributed by atoms with E-state index in [1.54, 1.807) is 14.2 Å². The largest absolute Gasteiger partial charge is 0.493 e. The highest BCUT2D eigenvalue weighted by Crippen LogP contribution is 2.36. The van der Waals surface area contributed by atoms with E-state index in [9.17, 15) is 4.79 Å². The Morgan fingerprint density at radius 1 is 1.30 bits per heavy atom. The molecule has 23 heavy (non-hydrogen) atoms. The van der Waals surface area contributed by atoms with Gasteiger partial charge in [0.05, 0.1) is 18.7 Å². The molecule has 0 saturated carbocycles. The summed E-state index contributed by atoms with van der Waals surface area (Å²) in [7, 11) is 3.26. The summed E-state index contributed by atoms with van der Waals surface area (Å²) < 4.78 is 11.5. The fraction of sp³-hybridized carbons (Fsp3) is 0.562. The third kappa shape index (κ3) is 5.55. The smallest absolute Gasteiger partial charge is 0.222 e. The lowest BCUT2D eigenvalue weighted by atomic mass is 10.2. The summed E-state index contributed by atoms with van der Waals surface area (Å²) in [6, 6.07) is 4.00. The molecule has 1 N–H and O–H groups in total. The normalized spacial score (nSPS) is 13.9. The van der Waals surface area contributed by atoms with Crippen LogP contribution in [0.2, 0.25) is 0 Å². The van der Waals surface area contributed by atoms with Crippen LogP contribution in [0.25, 0.3) is 0 Å². The van der Waals surface area contributed by atoms with Crippen LogP contribution in [0.4, 0.5) is 0 Å². The predicted molar refractivity (Wildman–Crippen MR) is 96.6 cm³/mol. The van der Waals surface area contributed by atoms with Gasteiger partial charge in [0.25, 0.3) is 0 Å². The molecule has 0 spiro atoms. The highest BCUT2D eigenvalue weighted by atomic mass is 79.9. The summed E-state index contributed by atoms with van der Waals surface area (Å²) in [4.78, 5) is 13.5. The number of carbonyl (C=O) groups excluding carboxylic acids is 1. The Bertz CT molecular complexity index is 528. The zero-order valence-electron chi connectivity index (χ0n) is 13.6. The van der Waals surface area contributed by atoms with Crippen LogP contribution >= 0.6 is 28.3 Å². The molecule has 1 aromatic rings. The number of methoxy groups -OCH3 is 2. The van der Waals surface area contributed by atoms with Crippen molar-refractivity contribution in [2.45, 2.75) is 25.8 Å². The van der Waals surface area contributed by atoms with Gasteiger partial charge in [-0.05, 0) is 53.0 Å². The second kappa shape index (κ2) is 10.0. The minimum atomic E-state index is 0. The number of nitrogens with zero attached hydrogens (tertiary/aromatic N) is 1. The molecule has 130 valence electrons. The lowest BCUT2D eigenvalue weighted by Crippen LogP contribution is -2.28. The van der Waals surface area contributed by atoms with Crippen LogP contribution in [0, 0.1) is 0 Å². The van der Waals surface area contributed by atoms with Crippen molar-refractivity contribution >= 4 is 34.2 Å². The number of ether oxygens (including phenoxy) is 2. The van der Waals surface area contributed by atoms with Crippen LogP contribution in [0.15, 0.2) is 16.6 Å². The van der Waals surface area contributed by atoms with Gasteiger partial charge in [0.1, 0.15) is 0 Å². The molecular formula is C16H24BrClN2O3. The van der Waals surface area contributed by atoms with Crippen molar-refractivity contribution in [3.05, 3.63) is 22.2 Å². The van der Waals surface area contributed by atoms with Gasteiger partial charge < -0.3 is 19.7 Å². The van der Waals surface area contributed by atoms with E-state index in [1.807, 2.05) is 17.0 Å². The summed E-state index contributed by atoms with van der Waals surface area (Å²) in [5.41, 5.74) is 1.13. The maximum Gasteiger partial charge on any atom is 0.222 e. The standard InChI is InChI=1S/C16H23BrN2O3.ClH/c1-21-14-10-12(9-13(17)16(14)22-2)11-18-6-4-8-19-7-3-5-15(19)20;/h9-10,18H,3-8,11H2,1-2H3;1H. The van der Waals surface area contributed by atoms with Gasteiger partial charge in [-0.2, -0.15) is 0 Å². The van der Waals surface area contributed by atoms with Crippen molar-refractivity contribution in [1.29, 1.82) is 0 Å². The number of hydrogen-bond acceptors (Lipinski definition) is 4. The van der Waals surface area contributed by atoms with E-state index in [0.717, 1.165) is 54.8 Å². The highest BCUT2D eigenvalue weighted by molar-refractivity contribution is 9.10. The van der Waals surface area contributed by atoms with Gasteiger partial charge in [-0.15, -0.1) is 12.4 Å². The molecule has 0 unspecified atom stereocenters. The molecule has 1 amide bonds. The minimum absolute atomic E-state index is 0. The second-order valence-corrected chi connectivity index (χ2v) is 6.18. The number of amides is 1. The monoisotopic (exact) mass is 406 g/mol. The van der Waals surface area contributed by atoms with Gasteiger partial charge in [0, 0.05) is 26.1 Å². The number of rotatable bonds is 8. The van der Waals surface area contributed by atoms with E-state index in [2.05, 4.69) is 21.2 Å². The van der Waals surface area contributed by atoms with Gasteiger partial charge >= 0.3 is 0 Å². The lowest BCUT2D eigenvalue weighted by Gasteiger charge is -2.15. The number of nitrogens with one attached hydrogen (secondary N) is 1. The molecule has 0 aromatic heterocycles. The molecular weight excluding hydrogens is 384 g/mol. The van der Waals surface area contributed by atoms with E-state index >= 15 is 0 Å². The van der Waals surface area contributed by atoms with E-state index in [1.165, 1.54) is 0 Å². The molecule has 1 aromatic carbocycles. The first-order chi connectivity index (χ1) is 10.7. The summed E-state index contributed by atoms with van der Waals surface area (Å²) >= 11 is 3.50. The highest BCUT2D eigenvalue weighted by Gasteiger charge is 2.18. The molecule has 1 fully saturated rings. The number of likely N-dealkylation sites (tertiary alicyclic amines) is 1. The van der Waals surface area contributed by atoms with E-state index < -0.39 is 0 Å². The van der Waals surface area contributed by atoms with Gasteiger partial charge in [0.15, 0.2) is 11.5 Å². The summed E-state index contributed by atoms with van der Waals surface area (Å²) in [6.07, 6.45) is 2.69. The SMILES string of the molecule is COc1cc(CNCCCN2CCCC2=O)cc(Br)c1OC.Cl. The van der Waals surface area contributed by atoms with Crippen molar-refractivity contribution in [2.75, 3.05) is 33.9 Å². The van der Waals surface area contributed by atoms with Crippen molar-refractivity contribution in [3.63, 3.8) is 0 Å². The van der Waals surface area contributed by atoms with Crippen LogP contribution in [0.5, 0.6) is 11.5 Å². The topological polar surface area (TPSA) is 50.8 Å². The molecule has 0 aliphatic carbocycles. The Kier molecular flexibility index (Phi) is 8.73. The van der Waals surface area contributed by atoms with Crippen molar-refractivity contribution in [3.8, 4) is 11.5 Å². The average Bonchev–Trinajstić information content (AvgIpc) is 2.91. The van der Waals surface area contributed by atoms with Crippen LogP contribution in [0.1, 0.15) is 24.8 Å². The van der Waals surface area contributed by atoms with Crippen LogP contribution < -0.4 is 14.8 Å². The zero-order valence-corrected chi connectivity index (χ0v) is 16.0. The fourth-order valence-electron chi connectivity index (χ4n) is 2.64. The third-order valence-electron chi connectivity index (χ3n) is 3.78. The molecule has 0 radical (unpaired) electrons. The maximum atomic E-state index is 11.5. The Balaban J connectivity index is 0.00000264. The van der Waals surface area contributed by atoms with Gasteiger partial charge in [-0.1, -0.05) is 0 Å². The van der Waals surface area contributed by atoms with Crippen LogP contribution in [-0.4, -0.2) is 44.7 Å². The Hall–Kier alpha value is -0.980. The predicted octanol–water partition coefficient (Wildman–Crippen LogP) is 2.99. The first-order valence-electron chi connectivity index (χ1n) is 7.54. The van der Waals surface area contributed by atoms with E-state index in [4.69, 9.17) is 9.47 Å². The van der Waals surface area contributed by atoms with E-state index in [0.29, 0.717) is 18.1 Å². The molecule has 0 atom stereocenters. The summed E-state index contributed by atoms with van der Waals surface area (Å²) in [5.74, 6) is 1.72. The molecule has 1 heterocycles. The van der Waals surface area contributed by atoms with Crippen molar-refractivity contribution in [1.82, 2.24) is 10.2 Å². The first-order valence-corrected chi connectivity index (χ1v) is 8.34. The zero-order chi connectivity index (χ0) is 15.9. The quantitative estimate of drug-likeness (QED) is 0.673. The Morgan fingerprint density at radius 3 is 2.70 bits per heavy atom. The van der Waals surface area contributed by atoms with Crippen molar-refractivity contribution < 1.29 is 14.3 Å². The van der Waals surface area contributed by atoms with Crippen molar-refractivity contribution in [2.24, 2.45) is 0 Å². The third-order valence-corrected chi connectivity index (χ3v) is 4.36.